The number of amides is 1. The van der Waals surface area contributed by atoms with Gasteiger partial charge < -0.3 is 4.90 Å². The van der Waals surface area contributed by atoms with Crippen molar-refractivity contribution in [3.63, 3.8) is 0 Å². The third kappa shape index (κ3) is 2.87. The van der Waals surface area contributed by atoms with Crippen LogP contribution in [0.3, 0.4) is 0 Å². The van der Waals surface area contributed by atoms with Crippen molar-refractivity contribution >= 4 is 39.1 Å². The van der Waals surface area contributed by atoms with Crippen LogP contribution in [0.4, 0.5) is 0 Å². The molecule has 0 saturated carbocycles. The summed E-state index contributed by atoms with van der Waals surface area (Å²) in [5.74, 6) is -0.0987. The van der Waals surface area contributed by atoms with Gasteiger partial charge in [-0.2, -0.15) is 0 Å². The number of nitrogens with zero attached hydrogens (tertiary/aromatic N) is 3. The normalized spacial score (nSPS) is 14.3. The van der Waals surface area contributed by atoms with Gasteiger partial charge >= 0.3 is 5.69 Å². The predicted molar refractivity (Wildman–Crippen MR) is 103 cm³/mol. The highest BCUT2D eigenvalue weighted by atomic mass is 35.5. The number of hydrogen-bond donors (Lipinski definition) is 0. The van der Waals surface area contributed by atoms with E-state index in [-0.39, 0.29) is 18.0 Å². The molecule has 1 fully saturated rings. The number of thiophene rings is 1. The molecule has 0 unspecified atom stereocenters. The number of aromatic nitrogens is 2. The van der Waals surface area contributed by atoms with Gasteiger partial charge in [-0.3, -0.25) is 14.2 Å². The molecule has 8 heteroatoms. The fraction of sp³-hybridized carbons (Fsp3) is 0.278. The van der Waals surface area contributed by atoms with Crippen molar-refractivity contribution in [2.24, 2.45) is 0 Å². The molecule has 1 aliphatic rings. The van der Waals surface area contributed by atoms with Gasteiger partial charge in [-0.15, -0.1) is 11.3 Å². The van der Waals surface area contributed by atoms with Crippen LogP contribution in [0, 0.1) is 0 Å². The first-order chi connectivity index (χ1) is 12.6. The Bertz CT molecular complexity index is 1090. The molecule has 0 spiro atoms. The molecule has 0 atom stereocenters. The number of carbonyl (C=O) groups is 1. The van der Waals surface area contributed by atoms with Crippen LogP contribution >= 0.6 is 22.9 Å². The largest absolute Gasteiger partial charge is 0.341 e. The lowest BCUT2D eigenvalue weighted by molar-refractivity contribution is -0.130. The molecule has 0 bridgehead atoms. The Balaban J connectivity index is 1.88. The summed E-state index contributed by atoms with van der Waals surface area (Å²) in [6.07, 6.45) is 1.97. The molecular formula is C18H16ClN3O3S. The summed E-state index contributed by atoms with van der Waals surface area (Å²) in [7, 11) is 0. The lowest BCUT2D eigenvalue weighted by atomic mass is 10.3. The maximum Gasteiger partial charge on any atom is 0.336 e. The minimum Gasteiger partial charge on any atom is -0.341 e. The van der Waals surface area contributed by atoms with E-state index in [0.717, 1.165) is 30.5 Å². The van der Waals surface area contributed by atoms with E-state index in [1.807, 2.05) is 0 Å². The first kappa shape index (κ1) is 17.1. The van der Waals surface area contributed by atoms with Gasteiger partial charge in [0.15, 0.2) is 0 Å². The summed E-state index contributed by atoms with van der Waals surface area (Å²) < 4.78 is 2.95. The van der Waals surface area contributed by atoms with Gasteiger partial charge in [-0.05, 0) is 48.6 Å². The Hall–Kier alpha value is -2.38. The zero-order valence-electron chi connectivity index (χ0n) is 13.9. The lowest BCUT2D eigenvalue weighted by Gasteiger charge is -2.17. The smallest absolute Gasteiger partial charge is 0.336 e. The maximum absolute atomic E-state index is 13.1. The highest BCUT2D eigenvalue weighted by Gasteiger charge is 2.22. The van der Waals surface area contributed by atoms with Crippen LogP contribution in [0.25, 0.3) is 15.9 Å². The van der Waals surface area contributed by atoms with E-state index < -0.39 is 5.69 Å². The third-order valence-corrected chi connectivity index (χ3v) is 5.74. The molecule has 1 aliphatic heterocycles. The number of benzene rings is 1. The van der Waals surface area contributed by atoms with Crippen LogP contribution in [-0.4, -0.2) is 33.0 Å². The second-order valence-corrected chi connectivity index (χ2v) is 7.56. The fourth-order valence-corrected chi connectivity index (χ4v) is 4.21. The fourth-order valence-electron chi connectivity index (χ4n) is 3.26. The molecule has 134 valence electrons. The summed E-state index contributed by atoms with van der Waals surface area (Å²) >= 11 is 7.17. The second kappa shape index (κ2) is 6.74. The monoisotopic (exact) mass is 389 g/mol. The van der Waals surface area contributed by atoms with Crippen molar-refractivity contribution in [3.05, 3.63) is 61.6 Å². The Morgan fingerprint density at radius 2 is 1.77 bits per heavy atom. The Morgan fingerprint density at radius 1 is 1.08 bits per heavy atom. The molecule has 2 aromatic heterocycles. The quantitative estimate of drug-likeness (QED) is 0.691. The standard InChI is InChI=1S/C18H16ClN3O3S/c19-12-3-5-13(6-4-12)22-17(24)16-14(7-10-26-16)21(18(22)25)11-15(23)20-8-1-2-9-20/h3-7,10H,1-2,8-9,11H2. The van der Waals surface area contributed by atoms with Gasteiger partial charge in [0.2, 0.25) is 5.91 Å². The SMILES string of the molecule is O=C(Cn1c(=O)n(-c2ccc(Cl)cc2)c(=O)c2sccc21)N1CCCC1. The number of carbonyl (C=O) groups excluding carboxylic acids is 1. The van der Waals surface area contributed by atoms with Gasteiger partial charge in [0.1, 0.15) is 11.2 Å². The molecule has 0 N–H and O–H groups in total. The number of fused-ring (bicyclic) bond motifs is 1. The molecule has 1 aromatic carbocycles. The highest BCUT2D eigenvalue weighted by molar-refractivity contribution is 7.17. The summed E-state index contributed by atoms with van der Waals surface area (Å²) in [5, 5.41) is 2.28. The van der Waals surface area contributed by atoms with E-state index >= 15 is 0 Å². The highest BCUT2D eigenvalue weighted by Crippen LogP contribution is 2.18. The molecular weight excluding hydrogens is 374 g/mol. The van der Waals surface area contributed by atoms with Gasteiger partial charge in [0.05, 0.1) is 11.2 Å². The predicted octanol–water partition coefficient (Wildman–Crippen LogP) is 2.49. The van der Waals surface area contributed by atoms with E-state index in [2.05, 4.69) is 0 Å². The maximum atomic E-state index is 13.1. The summed E-state index contributed by atoms with van der Waals surface area (Å²) in [6, 6.07) is 8.21. The van der Waals surface area contributed by atoms with Crippen LogP contribution < -0.4 is 11.2 Å². The number of halogens is 1. The summed E-state index contributed by atoms with van der Waals surface area (Å²) in [6.45, 7) is 1.37. The van der Waals surface area contributed by atoms with Crippen molar-refractivity contribution in [2.45, 2.75) is 19.4 Å². The Kier molecular flexibility index (Phi) is 4.42. The average molecular weight is 390 g/mol. The molecule has 1 saturated heterocycles. The minimum atomic E-state index is -0.518. The number of hydrogen-bond acceptors (Lipinski definition) is 4. The molecule has 6 nitrogen and oxygen atoms in total. The van der Waals surface area contributed by atoms with Crippen LogP contribution in [0.2, 0.25) is 5.02 Å². The summed E-state index contributed by atoms with van der Waals surface area (Å²) in [5.41, 5.74) is 0.0350. The average Bonchev–Trinajstić information content (AvgIpc) is 3.32. The van der Waals surface area contributed by atoms with E-state index in [9.17, 15) is 14.4 Å². The van der Waals surface area contributed by atoms with E-state index in [1.54, 1.807) is 40.6 Å². The summed E-state index contributed by atoms with van der Waals surface area (Å²) in [4.78, 5) is 40.2. The molecule has 26 heavy (non-hydrogen) atoms. The number of likely N-dealkylation sites (tertiary alicyclic amines) is 1. The first-order valence-corrected chi connectivity index (χ1v) is 9.59. The van der Waals surface area contributed by atoms with Crippen molar-refractivity contribution in [1.82, 2.24) is 14.0 Å². The van der Waals surface area contributed by atoms with Crippen LogP contribution in [0.5, 0.6) is 0 Å². The van der Waals surface area contributed by atoms with E-state index in [1.165, 1.54) is 15.9 Å². The van der Waals surface area contributed by atoms with Crippen molar-refractivity contribution in [1.29, 1.82) is 0 Å². The van der Waals surface area contributed by atoms with Crippen molar-refractivity contribution in [2.75, 3.05) is 13.1 Å². The lowest BCUT2D eigenvalue weighted by Crippen LogP contribution is -2.42. The topological polar surface area (TPSA) is 64.3 Å². The Morgan fingerprint density at radius 3 is 2.46 bits per heavy atom. The van der Waals surface area contributed by atoms with Gasteiger partial charge in [0, 0.05) is 18.1 Å². The van der Waals surface area contributed by atoms with Crippen molar-refractivity contribution in [3.8, 4) is 5.69 Å². The first-order valence-electron chi connectivity index (χ1n) is 8.33. The zero-order valence-corrected chi connectivity index (χ0v) is 15.4. The molecule has 1 amide bonds. The number of rotatable bonds is 3. The molecule has 3 aromatic rings. The van der Waals surface area contributed by atoms with Crippen LogP contribution in [0.15, 0.2) is 45.3 Å². The molecule has 0 aliphatic carbocycles. The molecule has 0 radical (unpaired) electrons. The van der Waals surface area contributed by atoms with Crippen molar-refractivity contribution < 1.29 is 4.79 Å². The van der Waals surface area contributed by atoms with E-state index in [0.29, 0.717) is 20.9 Å². The van der Waals surface area contributed by atoms with Gasteiger partial charge in [-0.1, -0.05) is 11.6 Å². The van der Waals surface area contributed by atoms with Crippen LogP contribution in [0.1, 0.15) is 12.8 Å². The van der Waals surface area contributed by atoms with Gasteiger partial charge in [0.25, 0.3) is 5.56 Å². The minimum absolute atomic E-state index is 0.0695. The second-order valence-electron chi connectivity index (χ2n) is 6.21. The molecule has 4 rings (SSSR count). The Labute approximate surface area is 157 Å². The third-order valence-electron chi connectivity index (χ3n) is 4.59. The zero-order chi connectivity index (χ0) is 18.3. The molecule has 3 heterocycles. The van der Waals surface area contributed by atoms with Gasteiger partial charge in [-0.25, -0.2) is 9.36 Å². The van der Waals surface area contributed by atoms with E-state index in [4.69, 9.17) is 11.6 Å². The van der Waals surface area contributed by atoms with Crippen LogP contribution in [-0.2, 0) is 11.3 Å².